The lowest BCUT2D eigenvalue weighted by molar-refractivity contribution is -0.140. The maximum Gasteiger partial charge on any atom is 0.407 e. The Kier molecular flexibility index (Phi) is 34.2. The Morgan fingerprint density at radius 1 is 0.521 bits per heavy atom. The highest BCUT2D eigenvalue weighted by atomic mass is 33.1. The Morgan fingerprint density at radius 2 is 0.859 bits per heavy atom. The van der Waals surface area contributed by atoms with Gasteiger partial charge < -0.3 is 57.4 Å². The number of ether oxygens (including phenoxy) is 3. The van der Waals surface area contributed by atoms with Gasteiger partial charge >= 0.3 is 24.2 Å². The monoisotopic (exact) mass is 1080 g/mol. The first-order chi connectivity index (χ1) is 33.5. The molecule has 21 heteroatoms. The number of carboxylic acid groups (broad SMARTS) is 1. The molecule has 0 aromatic heterocycles. The van der Waals surface area contributed by atoms with Gasteiger partial charge in [-0.2, -0.15) is 0 Å². The van der Waals surface area contributed by atoms with Gasteiger partial charge in [0.1, 0.15) is 11.2 Å². The minimum absolute atomic E-state index is 0.0385. The zero-order valence-electron chi connectivity index (χ0n) is 44.7. The Labute approximate surface area is 443 Å². The highest BCUT2D eigenvalue weighted by Gasteiger charge is 2.37. The molecule has 10 N–H and O–H groups in total. The number of rotatable bonds is 26. The van der Waals surface area contributed by atoms with Gasteiger partial charge in [-0.1, -0.05) is 79.4 Å². The van der Waals surface area contributed by atoms with E-state index in [1.54, 1.807) is 65.9 Å². The maximum atomic E-state index is 12.8. The number of aliphatic carboxylic acids is 1. The summed E-state index contributed by atoms with van der Waals surface area (Å²) in [6, 6.07) is 0. The highest BCUT2D eigenvalue weighted by Crippen LogP contribution is 2.41. The van der Waals surface area contributed by atoms with Crippen molar-refractivity contribution >= 4 is 81.2 Å². The van der Waals surface area contributed by atoms with Crippen LogP contribution in [0.25, 0.3) is 0 Å². The van der Waals surface area contributed by atoms with Crippen LogP contribution in [0.15, 0.2) is 0 Å². The van der Waals surface area contributed by atoms with Gasteiger partial charge in [-0.3, -0.25) is 14.4 Å². The molecule has 0 aliphatic heterocycles. The molecule has 0 spiro atoms. The minimum atomic E-state index is -0.798. The summed E-state index contributed by atoms with van der Waals surface area (Å²) in [7, 11) is 3.58. The van der Waals surface area contributed by atoms with Gasteiger partial charge in [0.15, 0.2) is 0 Å². The average molecular weight is 1080 g/mol. The first-order valence-corrected chi connectivity index (χ1v) is 30.7. The van der Waals surface area contributed by atoms with Crippen LogP contribution in [0.3, 0.4) is 0 Å². The number of nitrogens with one attached hydrogen (secondary N) is 5. The van der Waals surface area contributed by atoms with E-state index in [0.29, 0.717) is 45.6 Å². The molecule has 0 heterocycles. The molecule has 0 unspecified atom stereocenters. The fraction of sp³-hybridized carbons (Fsp3) is 0.880. The zero-order chi connectivity index (χ0) is 53.2. The van der Waals surface area contributed by atoms with Crippen LogP contribution in [0.2, 0.25) is 0 Å². The highest BCUT2D eigenvalue weighted by molar-refractivity contribution is 8.76. The van der Waals surface area contributed by atoms with Crippen molar-refractivity contribution in [2.45, 2.75) is 188 Å². The summed E-state index contributed by atoms with van der Waals surface area (Å²) in [5.74, 6) is 2.99. The normalized spacial score (nSPS) is 17.1. The topological polar surface area (TPSA) is 263 Å². The molecule has 0 aromatic rings. The van der Waals surface area contributed by atoms with Crippen molar-refractivity contribution in [3.8, 4) is 0 Å². The molecule has 0 atom stereocenters. The molecule has 3 saturated carbocycles. The number of carboxylic acids is 1. The molecule has 0 bridgehead atoms. The van der Waals surface area contributed by atoms with Crippen LogP contribution in [0, 0.1) is 16.2 Å². The van der Waals surface area contributed by atoms with E-state index in [4.69, 9.17) is 30.8 Å². The lowest BCUT2D eigenvalue weighted by Crippen LogP contribution is -2.44. The third kappa shape index (κ3) is 34.6. The lowest BCUT2D eigenvalue weighted by atomic mass is 9.71. The molecule has 71 heavy (non-hydrogen) atoms. The smallest absolute Gasteiger partial charge is 0.407 e. The van der Waals surface area contributed by atoms with Crippen molar-refractivity contribution < 1.29 is 48.1 Å². The van der Waals surface area contributed by atoms with E-state index < -0.39 is 35.5 Å². The lowest BCUT2D eigenvalue weighted by Gasteiger charge is -2.37. The Bertz CT molecular complexity index is 1530. The number of amides is 5. The molecule has 3 aliphatic rings. The Hall–Kier alpha value is -2.46. The quantitative estimate of drug-likeness (QED) is 0.0174. The van der Waals surface area contributed by atoms with Crippen molar-refractivity contribution in [2.24, 2.45) is 27.7 Å². The molecule has 17 nitrogen and oxygen atoms in total. The summed E-state index contributed by atoms with van der Waals surface area (Å²) in [6.07, 6.45) is 14.8. The molecule has 0 radical (unpaired) electrons. The number of thioether (sulfide) groups is 2. The summed E-state index contributed by atoms with van der Waals surface area (Å²) < 4.78 is 15.8. The molecule has 3 aliphatic carbocycles. The predicted molar refractivity (Wildman–Crippen MR) is 295 cm³/mol. The fourth-order valence-electron chi connectivity index (χ4n) is 8.86. The van der Waals surface area contributed by atoms with Crippen molar-refractivity contribution in [2.75, 3.05) is 73.9 Å². The van der Waals surface area contributed by atoms with Crippen molar-refractivity contribution in [3.63, 3.8) is 0 Å². The summed E-state index contributed by atoms with van der Waals surface area (Å²) in [5.41, 5.74) is 8.70. The molecular formula is C50H95N7O10S4. The van der Waals surface area contributed by atoms with E-state index in [1.165, 1.54) is 12.8 Å². The van der Waals surface area contributed by atoms with E-state index in [9.17, 15) is 28.8 Å². The third-order valence-electron chi connectivity index (χ3n) is 12.1. The minimum Gasteiger partial charge on any atom is -0.481 e. The molecule has 414 valence electrons. The molecule has 3 rings (SSSR count). The van der Waals surface area contributed by atoms with Crippen LogP contribution < -0.4 is 38.1 Å². The first-order valence-electron chi connectivity index (χ1n) is 25.9. The van der Waals surface area contributed by atoms with Gasteiger partial charge in [0.25, 0.3) is 0 Å². The van der Waals surface area contributed by atoms with Gasteiger partial charge in [-0.05, 0) is 110 Å². The molecule has 3 fully saturated rings. The van der Waals surface area contributed by atoms with E-state index >= 15 is 0 Å². The largest absolute Gasteiger partial charge is 0.481 e. The summed E-state index contributed by atoms with van der Waals surface area (Å²) in [6.45, 7) is 18.7. The Balaban J connectivity index is 0.000000761. The van der Waals surface area contributed by atoms with Crippen molar-refractivity contribution in [1.82, 2.24) is 26.6 Å². The zero-order valence-corrected chi connectivity index (χ0v) is 48.0. The number of carbonyl (C=O) groups is 6. The van der Waals surface area contributed by atoms with E-state index in [0.717, 1.165) is 125 Å². The van der Waals surface area contributed by atoms with Crippen LogP contribution in [0.4, 0.5) is 14.4 Å². The molecular weight excluding hydrogens is 987 g/mol. The third-order valence-corrected chi connectivity index (χ3v) is 16.9. The molecule has 0 aromatic carbocycles. The second kappa shape index (κ2) is 36.5. The number of nitrogens with two attached hydrogens (primary N) is 2. The summed E-state index contributed by atoms with van der Waals surface area (Å²) in [4.78, 5) is 72.3. The van der Waals surface area contributed by atoms with Gasteiger partial charge in [0, 0.05) is 86.8 Å². The number of alkyl carbamates (subject to hydrolysis) is 3. The van der Waals surface area contributed by atoms with Crippen molar-refractivity contribution in [3.05, 3.63) is 0 Å². The first kappa shape index (κ1) is 66.6. The van der Waals surface area contributed by atoms with Gasteiger partial charge in [-0.15, -0.1) is 23.5 Å². The van der Waals surface area contributed by atoms with Gasteiger partial charge in [0.2, 0.25) is 11.8 Å². The van der Waals surface area contributed by atoms with Crippen molar-refractivity contribution in [1.29, 1.82) is 0 Å². The van der Waals surface area contributed by atoms with E-state index in [-0.39, 0.29) is 40.6 Å². The van der Waals surface area contributed by atoms with Crippen LogP contribution in [0.1, 0.15) is 171 Å². The van der Waals surface area contributed by atoms with Crippen LogP contribution >= 0.6 is 45.1 Å². The number of carbonyl (C=O) groups excluding carboxylic acids is 5. The maximum absolute atomic E-state index is 12.8. The van der Waals surface area contributed by atoms with Gasteiger partial charge in [0.05, 0.1) is 12.5 Å². The summed E-state index contributed by atoms with van der Waals surface area (Å²) >= 11 is 3.54. The average Bonchev–Trinajstić information content (AvgIpc) is 3.28. The van der Waals surface area contributed by atoms with E-state index in [2.05, 4.69) is 26.6 Å². The summed E-state index contributed by atoms with van der Waals surface area (Å²) in [5, 5.41) is 24.6. The van der Waals surface area contributed by atoms with Crippen LogP contribution in [0.5, 0.6) is 0 Å². The van der Waals surface area contributed by atoms with E-state index in [1.807, 2.05) is 34.6 Å². The number of hydrogen-bond acceptors (Lipinski definition) is 15. The van der Waals surface area contributed by atoms with Crippen LogP contribution in [-0.4, -0.2) is 132 Å². The standard InChI is InChI=1S/C32H58N4O6S2.C14H25NO4.C4H12N2S2/c1-25(2)41-28(39)35-22-31(12-8-6-9-13-31)20-26(37)33-16-18-43-24-44-19-17-34-27(38)21-32(14-10-7-11-15-32)23-36-29(40)42-30(3,4)5;1-13(2,3)19-12(18)15-10-14(9-11(16)17)7-5-4-6-8-14;5-1-3-7-8-4-2-6/h25H,6-24H2,1-5H3,(H,33,37)(H,34,38)(H,35,39)(H,36,40);4-10H2,1-3H3,(H,15,18)(H,16,17);1-6H2. The van der Waals surface area contributed by atoms with Gasteiger partial charge in [-0.25, -0.2) is 14.4 Å². The predicted octanol–water partition coefficient (Wildman–Crippen LogP) is 9.20. The molecule has 5 amide bonds. The number of hydrogen-bond donors (Lipinski definition) is 8. The van der Waals surface area contributed by atoms with Crippen LogP contribution in [-0.2, 0) is 28.6 Å². The fourth-order valence-corrected chi connectivity index (χ4v) is 12.5. The second-order valence-electron chi connectivity index (χ2n) is 21.5. The second-order valence-corrected chi connectivity index (χ2v) is 26.8. The SMILES string of the molecule is CC(C)(C)OC(=O)NCC1(CC(=O)O)CCCCC1.CC(C)OC(=O)NCC1(CC(=O)NCCSCSCCNC(=O)CC2(CNC(=O)OC(C)(C)C)CCCCC2)CCCCC1.NCCSSCCN. The molecule has 0 saturated heterocycles. The Morgan fingerprint density at radius 3 is 1.17 bits per heavy atom.